The van der Waals surface area contributed by atoms with Crippen LogP contribution in [0.3, 0.4) is 0 Å². The van der Waals surface area contributed by atoms with E-state index in [0.29, 0.717) is 6.42 Å². The van der Waals surface area contributed by atoms with E-state index < -0.39 is 23.3 Å². The van der Waals surface area contributed by atoms with Gasteiger partial charge < -0.3 is 30.6 Å². The molecule has 9 heteroatoms. The summed E-state index contributed by atoms with van der Waals surface area (Å²) in [5, 5.41) is 48.8. The van der Waals surface area contributed by atoms with E-state index in [1.54, 1.807) is 0 Å². The van der Waals surface area contributed by atoms with Crippen LogP contribution in [0.4, 0.5) is 0 Å². The fourth-order valence-electron chi connectivity index (χ4n) is 0.485. The van der Waals surface area contributed by atoms with Crippen molar-refractivity contribution in [2.75, 3.05) is 19.8 Å². The number of aliphatic hydroxyl groups excluding tert-OH is 3. The van der Waals surface area contributed by atoms with Gasteiger partial charge in [-0.25, -0.2) is 14.4 Å². The molecule has 26 heavy (non-hydrogen) atoms. The molecular formula is C17H30O9. The van der Waals surface area contributed by atoms with Crippen molar-refractivity contribution in [1.29, 1.82) is 0 Å². The number of hydrogen-bond donors (Lipinski definition) is 6. The molecule has 0 spiro atoms. The predicted molar refractivity (Wildman–Crippen MR) is 98.7 cm³/mol. The maximum Gasteiger partial charge on any atom is 0.327 e. The molecule has 0 aromatic heterocycles. The lowest BCUT2D eigenvalue weighted by Crippen LogP contribution is -2.32. The molecule has 0 aliphatic heterocycles. The van der Waals surface area contributed by atoms with Gasteiger partial charge in [-0.05, 0) is 6.42 Å². The number of aliphatic carboxylic acids is 3. The second-order valence-electron chi connectivity index (χ2n) is 3.95. The number of carboxylic acid groups (broad SMARTS) is 3. The zero-order valence-electron chi connectivity index (χ0n) is 15.0. The molecule has 0 rings (SSSR count). The normalized spacial score (nSPS) is 8.00. The topological polar surface area (TPSA) is 173 Å². The first kappa shape index (κ1) is 34.6. The van der Waals surface area contributed by atoms with Crippen LogP contribution in [0.2, 0.25) is 0 Å². The first-order valence-electron chi connectivity index (χ1n) is 6.94. The molecule has 0 atom stereocenters. The number of rotatable bonds is 7. The lowest BCUT2D eigenvalue weighted by atomic mass is 9.88. The van der Waals surface area contributed by atoms with E-state index in [-0.39, 0.29) is 19.8 Å². The molecule has 0 aromatic carbocycles. The second kappa shape index (κ2) is 27.1. The van der Waals surface area contributed by atoms with Gasteiger partial charge in [0.1, 0.15) is 0 Å². The van der Waals surface area contributed by atoms with Crippen LogP contribution in [0.25, 0.3) is 0 Å². The van der Waals surface area contributed by atoms with E-state index in [1.165, 1.54) is 0 Å². The Bertz CT molecular complexity index is 339. The average molecular weight is 378 g/mol. The second-order valence-corrected chi connectivity index (χ2v) is 3.95. The fourth-order valence-corrected chi connectivity index (χ4v) is 0.485. The largest absolute Gasteiger partial charge is 0.478 e. The van der Waals surface area contributed by atoms with Gasteiger partial charge in [0.25, 0.3) is 0 Å². The van der Waals surface area contributed by atoms with Gasteiger partial charge in [0, 0.05) is 23.6 Å². The Morgan fingerprint density at radius 3 is 0.885 bits per heavy atom. The van der Waals surface area contributed by atoms with Crippen LogP contribution in [-0.4, -0.2) is 68.4 Å². The Hall–Kier alpha value is -2.75. The fraction of sp³-hybridized carbons (Fsp3) is 0.353. The summed E-state index contributed by atoms with van der Waals surface area (Å²) < 4.78 is 0. The van der Waals surface area contributed by atoms with Gasteiger partial charge in [0.05, 0.1) is 19.8 Å². The molecule has 0 aliphatic rings. The van der Waals surface area contributed by atoms with E-state index in [2.05, 4.69) is 32.9 Å². The highest BCUT2D eigenvalue weighted by Gasteiger charge is 2.24. The average Bonchev–Trinajstić information content (AvgIpc) is 2.67. The Kier molecular flexibility index (Phi) is 36.0. The van der Waals surface area contributed by atoms with Crippen molar-refractivity contribution in [3.8, 4) is 0 Å². The first-order valence-corrected chi connectivity index (χ1v) is 6.94. The lowest BCUT2D eigenvalue weighted by Gasteiger charge is -2.24. The van der Waals surface area contributed by atoms with Crippen molar-refractivity contribution in [3.63, 3.8) is 0 Å². The first-order chi connectivity index (χ1) is 12.1. The number of carbonyl (C=O) groups is 3. The van der Waals surface area contributed by atoms with Crippen molar-refractivity contribution in [2.45, 2.75) is 13.3 Å². The predicted octanol–water partition coefficient (Wildman–Crippen LogP) is 0.933. The third-order valence-corrected chi connectivity index (χ3v) is 2.28. The highest BCUT2D eigenvalue weighted by molar-refractivity contribution is 5.79. The molecule has 6 N–H and O–H groups in total. The third-order valence-electron chi connectivity index (χ3n) is 2.28. The molecule has 0 aliphatic carbocycles. The number of hydrogen-bond acceptors (Lipinski definition) is 6. The van der Waals surface area contributed by atoms with Gasteiger partial charge in [-0.2, -0.15) is 0 Å². The zero-order chi connectivity index (χ0) is 22.2. The summed E-state index contributed by atoms with van der Waals surface area (Å²) >= 11 is 0. The summed E-state index contributed by atoms with van der Waals surface area (Å²) in [6, 6.07) is 0. The van der Waals surface area contributed by atoms with Gasteiger partial charge >= 0.3 is 17.9 Å². The molecular weight excluding hydrogens is 348 g/mol. The summed E-state index contributed by atoms with van der Waals surface area (Å²) in [7, 11) is 0. The van der Waals surface area contributed by atoms with Gasteiger partial charge in [-0.1, -0.05) is 26.7 Å². The van der Waals surface area contributed by atoms with Crippen molar-refractivity contribution in [3.05, 3.63) is 51.1 Å². The molecule has 0 aromatic rings. The molecule has 0 heterocycles. The summed E-state index contributed by atoms with van der Waals surface area (Å²) in [6.45, 7) is 16.2. The molecule has 0 bridgehead atoms. The quantitative estimate of drug-likeness (QED) is 0.278. The Morgan fingerprint density at radius 1 is 0.731 bits per heavy atom. The SMILES string of the molecule is C=C.C=CC(=O)O.C=CC(=O)O.C=CC(=O)O.CCC(CO)(CO)CO. The van der Waals surface area contributed by atoms with Gasteiger partial charge in [-0.15, -0.1) is 13.2 Å². The maximum absolute atomic E-state index is 9.25. The minimum atomic E-state index is -0.981. The Labute approximate surface area is 153 Å². The van der Waals surface area contributed by atoms with Crippen LogP contribution < -0.4 is 0 Å². The zero-order valence-corrected chi connectivity index (χ0v) is 15.0. The lowest BCUT2D eigenvalue weighted by molar-refractivity contribution is -0.132. The monoisotopic (exact) mass is 378 g/mol. The molecule has 0 saturated carbocycles. The molecule has 0 amide bonds. The van der Waals surface area contributed by atoms with Gasteiger partial charge in [0.2, 0.25) is 0 Å². The van der Waals surface area contributed by atoms with E-state index in [4.69, 9.17) is 30.6 Å². The summed E-state index contributed by atoms with van der Waals surface area (Å²) in [5.41, 5.74) is -0.667. The number of aliphatic hydroxyl groups is 3. The van der Waals surface area contributed by atoms with E-state index in [1.807, 2.05) is 6.92 Å². The van der Waals surface area contributed by atoms with Crippen molar-refractivity contribution in [2.24, 2.45) is 5.41 Å². The third kappa shape index (κ3) is 37.5. The van der Waals surface area contributed by atoms with Crippen LogP contribution in [0.1, 0.15) is 13.3 Å². The van der Waals surface area contributed by atoms with Crippen molar-refractivity contribution in [1.82, 2.24) is 0 Å². The van der Waals surface area contributed by atoms with E-state index in [9.17, 15) is 14.4 Å². The highest BCUT2D eigenvalue weighted by atomic mass is 16.4. The van der Waals surface area contributed by atoms with Crippen LogP contribution in [0.5, 0.6) is 0 Å². The number of carboxylic acids is 3. The molecule has 9 nitrogen and oxygen atoms in total. The van der Waals surface area contributed by atoms with Gasteiger partial charge in [0.15, 0.2) is 0 Å². The minimum absolute atomic E-state index is 0.156. The Balaban J connectivity index is -0.0000000759. The highest BCUT2D eigenvalue weighted by Crippen LogP contribution is 2.18. The minimum Gasteiger partial charge on any atom is -0.478 e. The molecule has 0 radical (unpaired) electrons. The smallest absolute Gasteiger partial charge is 0.327 e. The molecule has 0 unspecified atom stereocenters. The van der Waals surface area contributed by atoms with Crippen molar-refractivity contribution < 1.29 is 45.0 Å². The van der Waals surface area contributed by atoms with Crippen LogP contribution in [0, 0.1) is 5.41 Å². The Morgan fingerprint density at radius 2 is 0.885 bits per heavy atom. The summed E-state index contributed by atoms with van der Waals surface area (Å²) in [5.74, 6) is -2.94. The van der Waals surface area contributed by atoms with Crippen LogP contribution in [0.15, 0.2) is 51.1 Å². The summed E-state index contributed by atoms with van der Waals surface area (Å²) in [6.07, 6.45) is 3.09. The molecule has 0 saturated heterocycles. The molecule has 0 fully saturated rings. The van der Waals surface area contributed by atoms with E-state index in [0.717, 1.165) is 18.2 Å². The standard InChI is InChI=1S/C6H14O3.3C3H4O2.C2H4/c1-2-6(3-7,4-8)5-9;3*1-2-3(4)5;1-2/h7-9H,2-5H2,1H3;3*2H,1H2,(H,4,5);1-2H2. The summed E-state index contributed by atoms with van der Waals surface area (Å²) in [4.78, 5) is 27.8. The van der Waals surface area contributed by atoms with Crippen LogP contribution >= 0.6 is 0 Å². The maximum atomic E-state index is 9.25. The molecule has 152 valence electrons. The van der Waals surface area contributed by atoms with Crippen LogP contribution in [-0.2, 0) is 14.4 Å². The van der Waals surface area contributed by atoms with Crippen molar-refractivity contribution >= 4 is 17.9 Å². The van der Waals surface area contributed by atoms with E-state index >= 15 is 0 Å². The van der Waals surface area contributed by atoms with Gasteiger partial charge in [-0.3, -0.25) is 0 Å².